The normalized spacial score (nSPS) is 26.9. The highest BCUT2D eigenvalue weighted by Crippen LogP contribution is 2.25. The number of hydrogen-bond acceptors (Lipinski definition) is 4. The molecule has 0 spiro atoms. The Morgan fingerprint density at radius 1 is 1.64 bits per heavy atom. The van der Waals surface area contributed by atoms with Crippen molar-refractivity contribution in [2.45, 2.75) is 38.8 Å². The van der Waals surface area contributed by atoms with Crippen LogP contribution in [-0.4, -0.2) is 11.0 Å². The number of rotatable bonds is 3. The summed E-state index contributed by atoms with van der Waals surface area (Å²) >= 11 is 1.58. The summed E-state index contributed by atoms with van der Waals surface area (Å²) in [6.45, 7) is 3.25. The van der Waals surface area contributed by atoms with E-state index in [0.29, 0.717) is 11.2 Å². The van der Waals surface area contributed by atoms with Gasteiger partial charge in [0, 0.05) is 23.7 Å². The van der Waals surface area contributed by atoms with Gasteiger partial charge in [-0.25, -0.2) is 4.98 Å². The predicted octanol–water partition coefficient (Wildman–Crippen LogP) is 2.00. The molecule has 78 valence electrons. The zero-order valence-electron chi connectivity index (χ0n) is 8.49. The molecule has 2 rings (SSSR count). The molecule has 2 unspecified atom stereocenters. The standard InChI is InChI=1S/C10H17N3S/c1-7-2-3-8(4-7)12-5-9-6-13-10(11)14-9/h6-8,12H,2-5H2,1H3,(H2,11,13). The Bertz CT molecular complexity index is 297. The SMILES string of the molecule is CC1CCC(NCc2cnc(N)s2)C1. The zero-order chi connectivity index (χ0) is 9.97. The highest BCUT2D eigenvalue weighted by Gasteiger charge is 2.20. The molecule has 14 heavy (non-hydrogen) atoms. The molecule has 1 aromatic rings. The summed E-state index contributed by atoms with van der Waals surface area (Å²) in [5, 5.41) is 4.22. The average molecular weight is 211 g/mol. The van der Waals surface area contributed by atoms with E-state index >= 15 is 0 Å². The van der Waals surface area contributed by atoms with E-state index in [1.54, 1.807) is 11.3 Å². The van der Waals surface area contributed by atoms with E-state index in [1.807, 2.05) is 6.20 Å². The lowest BCUT2D eigenvalue weighted by Gasteiger charge is -2.10. The summed E-state index contributed by atoms with van der Waals surface area (Å²) < 4.78 is 0. The van der Waals surface area contributed by atoms with Crippen molar-refractivity contribution < 1.29 is 0 Å². The third kappa shape index (κ3) is 2.45. The van der Waals surface area contributed by atoms with E-state index in [9.17, 15) is 0 Å². The molecule has 4 heteroatoms. The molecule has 1 saturated carbocycles. The first-order chi connectivity index (χ1) is 6.74. The molecule has 0 aromatic carbocycles. The van der Waals surface area contributed by atoms with E-state index < -0.39 is 0 Å². The number of anilines is 1. The van der Waals surface area contributed by atoms with Crippen molar-refractivity contribution in [1.29, 1.82) is 0 Å². The minimum absolute atomic E-state index is 0.668. The van der Waals surface area contributed by atoms with Gasteiger partial charge < -0.3 is 11.1 Å². The number of nitrogens with one attached hydrogen (secondary N) is 1. The molecule has 0 radical (unpaired) electrons. The zero-order valence-corrected chi connectivity index (χ0v) is 9.31. The van der Waals surface area contributed by atoms with Crippen molar-refractivity contribution in [3.8, 4) is 0 Å². The van der Waals surface area contributed by atoms with Gasteiger partial charge in [0.1, 0.15) is 0 Å². The molecule has 3 N–H and O–H groups in total. The molecule has 0 saturated heterocycles. The number of nitrogens with two attached hydrogens (primary N) is 1. The van der Waals surface area contributed by atoms with Crippen LogP contribution < -0.4 is 11.1 Å². The van der Waals surface area contributed by atoms with Crippen LogP contribution in [-0.2, 0) is 6.54 Å². The lowest BCUT2D eigenvalue weighted by atomic mass is 10.1. The van der Waals surface area contributed by atoms with Crippen LogP contribution in [0.5, 0.6) is 0 Å². The van der Waals surface area contributed by atoms with Gasteiger partial charge in [0.2, 0.25) is 0 Å². The molecule has 0 aliphatic heterocycles. The van der Waals surface area contributed by atoms with Gasteiger partial charge >= 0.3 is 0 Å². The number of nitrogens with zero attached hydrogens (tertiary/aromatic N) is 1. The fourth-order valence-electron chi connectivity index (χ4n) is 2.04. The van der Waals surface area contributed by atoms with Gasteiger partial charge in [0.15, 0.2) is 5.13 Å². The van der Waals surface area contributed by atoms with E-state index in [0.717, 1.165) is 12.5 Å². The monoisotopic (exact) mass is 211 g/mol. The van der Waals surface area contributed by atoms with Crippen LogP contribution in [0.15, 0.2) is 6.20 Å². The number of hydrogen-bond donors (Lipinski definition) is 2. The summed E-state index contributed by atoms with van der Waals surface area (Å²) in [5.41, 5.74) is 5.56. The van der Waals surface area contributed by atoms with Gasteiger partial charge in [-0.2, -0.15) is 0 Å². The Kier molecular flexibility index (Phi) is 3.03. The maximum absolute atomic E-state index is 5.56. The van der Waals surface area contributed by atoms with Gasteiger partial charge in [-0.1, -0.05) is 6.92 Å². The minimum atomic E-state index is 0.668. The largest absolute Gasteiger partial charge is 0.375 e. The summed E-state index contributed by atoms with van der Waals surface area (Å²) in [6.07, 6.45) is 5.86. The van der Waals surface area contributed by atoms with E-state index in [4.69, 9.17) is 5.73 Å². The molecule has 1 aliphatic carbocycles. The van der Waals surface area contributed by atoms with E-state index in [1.165, 1.54) is 24.1 Å². The van der Waals surface area contributed by atoms with Crippen LogP contribution in [0, 0.1) is 5.92 Å². The van der Waals surface area contributed by atoms with Crippen LogP contribution in [0.3, 0.4) is 0 Å². The topological polar surface area (TPSA) is 50.9 Å². The molecule has 2 atom stereocenters. The first-order valence-electron chi connectivity index (χ1n) is 5.17. The third-order valence-corrected chi connectivity index (χ3v) is 3.66. The van der Waals surface area contributed by atoms with Gasteiger partial charge in [-0.15, -0.1) is 11.3 Å². The molecule has 3 nitrogen and oxygen atoms in total. The first kappa shape index (κ1) is 9.93. The van der Waals surface area contributed by atoms with Crippen molar-refractivity contribution in [3.63, 3.8) is 0 Å². The second-order valence-corrected chi connectivity index (χ2v) is 5.31. The van der Waals surface area contributed by atoms with Crippen LogP contribution in [0.1, 0.15) is 31.1 Å². The molecule has 1 aliphatic rings. The molecular formula is C10H17N3S. The smallest absolute Gasteiger partial charge is 0.180 e. The van der Waals surface area contributed by atoms with Crippen molar-refractivity contribution in [2.24, 2.45) is 5.92 Å². The van der Waals surface area contributed by atoms with Crippen LogP contribution in [0.2, 0.25) is 0 Å². The fraction of sp³-hybridized carbons (Fsp3) is 0.700. The maximum atomic E-state index is 5.56. The van der Waals surface area contributed by atoms with Crippen LogP contribution >= 0.6 is 11.3 Å². The fourth-order valence-corrected chi connectivity index (χ4v) is 2.68. The molecule has 1 aromatic heterocycles. The van der Waals surface area contributed by atoms with Crippen LogP contribution in [0.4, 0.5) is 5.13 Å². The minimum Gasteiger partial charge on any atom is -0.375 e. The number of aromatic nitrogens is 1. The van der Waals surface area contributed by atoms with E-state index in [-0.39, 0.29) is 0 Å². The van der Waals surface area contributed by atoms with E-state index in [2.05, 4.69) is 17.2 Å². The van der Waals surface area contributed by atoms with Gasteiger partial charge in [0.05, 0.1) is 0 Å². The second-order valence-electron chi connectivity index (χ2n) is 4.16. The first-order valence-corrected chi connectivity index (χ1v) is 5.99. The molecule has 0 amide bonds. The van der Waals surface area contributed by atoms with Crippen molar-refractivity contribution in [2.75, 3.05) is 5.73 Å². The summed E-state index contributed by atoms with van der Waals surface area (Å²) in [6, 6.07) is 0.702. The maximum Gasteiger partial charge on any atom is 0.180 e. The quantitative estimate of drug-likeness (QED) is 0.804. The van der Waals surface area contributed by atoms with Crippen molar-refractivity contribution in [1.82, 2.24) is 10.3 Å². The number of nitrogen functional groups attached to an aromatic ring is 1. The Hall–Kier alpha value is -0.610. The molecular weight excluding hydrogens is 194 g/mol. The Balaban J connectivity index is 1.77. The lowest BCUT2D eigenvalue weighted by molar-refractivity contribution is 0.504. The Morgan fingerprint density at radius 3 is 3.07 bits per heavy atom. The molecule has 1 heterocycles. The molecule has 0 bridgehead atoms. The second kappa shape index (κ2) is 4.28. The summed E-state index contributed by atoms with van der Waals surface area (Å²) in [5.74, 6) is 0.888. The average Bonchev–Trinajstić information content (AvgIpc) is 2.72. The Morgan fingerprint density at radius 2 is 2.50 bits per heavy atom. The highest BCUT2D eigenvalue weighted by molar-refractivity contribution is 7.15. The molecule has 1 fully saturated rings. The lowest BCUT2D eigenvalue weighted by Crippen LogP contribution is -2.25. The van der Waals surface area contributed by atoms with Gasteiger partial charge in [0.25, 0.3) is 0 Å². The van der Waals surface area contributed by atoms with Crippen LogP contribution in [0.25, 0.3) is 0 Å². The summed E-state index contributed by atoms with van der Waals surface area (Å²) in [4.78, 5) is 5.27. The number of thiazole rings is 1. The highest BCUT2D eigenvalue weighted by atomic mass is 32.1. The van der Waals surface area contributed by atoms with Gasteiger partial charge in [-0.3, -0.25) is 0 Å². The third-order valence-electron chi connectivity index (χ3n) is 2.83. The van der Waals surface area contributed by atoms with Gasteiger partial charge in [-0.05, 0) is 25.2 Å². The summed E-state index contributed by atoms with van der Waals surface area (Å²) in [7, 11) is 0. The Labute approximate surface area is 88.7 Å². The van der Waals surface area contributed by atoms with Crippen molar-refractivity contribution in [3.05, 3.63) is 11.1 Å². The predicted molar refractivity (Wildman–Crippen MR) is 60.2 cm³/mol. The van der Waals surface area contributed by atoms with Crippen molar-refractivity contribution >= 4 is 16.5 Å².